The number of halogens is 1. The van der Waals surface area contributed by atoms with Crippen LogP contribution in [-0.2, 0) is 0 Å². The topological polar surface area (TPSA) is 15.3 Å². The summed E-state index contributed by atoms with van der Waals surface area (Å²) in [5.41, 5.74) is 2.41. The zero-order chi connectivity index (χ0) is 13.2. The fourth-order valence-corrected chi connectivity index (χ4v) is 2.01. The third-order valence-corrected chi connectivity index (χ3v) is 3.14. The summed E-state index contributed by atoms with van der Waals surface area (Å²) in [6.45, 7) is 7.13. The molecule has 0 aliphatic carbocycles. The summed E-state index contributed by atoms with van der Waals surface area (Å²) in [4.78, 5) is 2.32. The van der Waals surface area contributed by atoms with Crippen LogP contribution >= 0.6 is 0 Å². The van der Waals surface area contributed by atoms with Gasteiger partial charge in [0.2, 0.25) is 0 Å². The van der Waals surface area contributed by atoms with Gasteiger partial charge in [-0.3, -0.25) is 4.39 Å². The molecule has 1 rings (SSSR count). The van der Waals surface area contributed by atoms with Gasteiger partial charge in [0.25, 0.3) is 0 Å². The predicted molar refractivity (Wildman–Crippen MR) is 78.3 cm³/mol. The van der Waals surface area contributed by atoms with Gasteiger partial charge in [0.05, 0.1) is 6.67 Å². The minimum atomic E-state index is -0.196. The first kappa shape index (κ1) is 14.8. The minimum absolute atomic E-state index is 0.196. The zero-order valence-electron chi connectivity index (χ0n) is 11.6. The van der Waals surface area contributed by atoms with Crippen molar-refractivity contribution < 1.29 is 4.39 Å². The molecule has 0 radical (unpaired) electrons. The molecule has 0 aromatic heterocycles. The van der Waals surface area contributed by atoms with Gasteiger partial charge in [-0.15, -0.1) is 0 Å². The predicted octanol–water partition coefficient (Wildman–Crippen LogP) is 4.08. The minimum Gasteiger partial charge on any atom is -0.385 e. The van der Waals surface area contributed by atoms with E-state index >= 15 is 0 Å². The van der Waals surface area contributed by atoms with Crippen LogP contribution in [0.3, 0.4) is 0 Å². The smallest absolute Gasteiger partial charge is 0.0894 e. The Balaban J connectivity index is 2.35. The largest absolute Gasteiger partial charge is 0.385 e. The molecule has 0 atom stereocenters. The molecule has 0 heterocycles. The summed E-state index contributed by atoms with van der Waals surface area (Å²) in [5, 5.41) is 3.36. The summed E-state index contributed by atoms with van der Waals surface area (Å²) in [6.07, 6.45) is 2.67. The Bertz CT molecular complexity index is 307. The van der Waals surface area contributed by atoms with E-state index < -0.39 is 0 Å². The molecule has 102 valence electrons. The van der Waals surface area contributed by atoms with Gasteiger partial charge < -0.3 is 10.2 Å². The normalized spacial score (nSPS) is 10.4. The second-order valence-electron chi connectivity index (χ2n) is 4.40. The van der Waals surface area contributed by atoms with Crippen LogP contribution in [0.25, 0.3) is 0 Å². The second-order valence-corrected chi connectivity index (χ2v) is 4.40. The van der Waals surface area contributed by atoms with Gasteiger partial charge in [-0.1, -0.05) is 0 Å². The number of unbranched alkanes of at least 4 members (excludes halogenated alkanes) is 2. The van der Waals surface area contributed by atoms with Gasteiger partial charge in [0.15, 0.2) is 0 Å². The van der Waals surface area contributed by atoms with Crippen molar-refractivity contribution in [3.8, 4) is 0 Å². The Morgan fingerprint density at radius 1 is 1.00 bits per heavy atom. The molecule has 0 spiro atoms. The van der Waals surface area contributed by atoms with Crippen molar-refractivity contribution in [1.29, 1.82) is 0 Å². The molecular formula is C15H25FN2. The summed E-state index contributed by atoms with van der Waals surface area (Å²) < 4.78 is 11.9. The van der Waals surface area contributed by atoms with Gasteiger partial charge in [-0.25, -0.2) is 0 Å². The fourth-order valence-electron chi connectivity index (χ4n) is 2.01. The molecule has 0 aliphatic rings. The third-order valence-electron chi connectivity index (χ3n) is 3.14. The lowest BCUT2D eigenvalue weighted by Gasteiger charge is -2.21. The zero-order valence-corrected chi connectivity index (χ0v) is 11.6. The quantitative estimate of drug-likeness (QED) is 0.666. The number of alkyl halides is 1. The molecular weight excluding hydrogens is 227 g/mol. The standard InChI is InChI=1S/C15H25FN2/c1-3-18(4-2)15-10-8-14(9-11-15)17-13-7-5-6-12-16/h8-11,17H,3-7,12-13H2,1-2H3. The lowest BCUT2D eigenvalue weighted by Crippen LogP contribution is -2.21. The van der Waals surface area contributed by atoms with Crippen LogP contribution < -0.4 is 10.2 Å². The Morgan fingerprint density at radius 3 is 2.22 bits per heavy atom. The van der Waals surface area contributed by atoms with E-state index in [0.717, 1.165) is 38.2 Å². The Kier molecular flexibility index (Phi) is 7.23. The summed E-state index contributed by atoms with van der Waals surface area (Å²) in [7, 11) is 0. The van der Waals surface area contributed by atoms with Crippen molar-refractivity contribution in [1.82, 2.24) is 0 Å². The Labute approximate surface area is 110 Å². The van der Waals surface area contributed by atoms with Crippen molar-refractivity contribution in [2.24, 2.45) is 0 Å². The van der Waals surface area contributed by atoms with Gasteiger partial charge in [-0.2, -0.15) is 0 Å². The average Bonchev–Trinajstić information content (AvgIpc) is 2.41. The van der Waals surface area contributed by atoms with Gasteiger partial charge >= 0.3 is 0 Å². The van der Waals surface area contributed by atoms with Crippen LogP contribution in [0.15, 0.2) is 24.3 Å². The average molecular weight is 252 g/mol. The molecule has 1 N–H and O–H groups in total. The monoisotopic (exact) mass is 252 g/mol. The molecule has 1 aromatic carbocycles. The second kappa shape index (κ2) is 8.78. The highest BCUT2D eigenvalue weighted by Gasteiger charge is 2.00. The molecule has 0 amide bonds. The molecule has 0 saturated heterocycles. The first-order valence-electron chi connectivity index (χ1n) is 6.96. The number of hydrogen-bond donors (Lipinski definition) is 1. The molecule has 3 heteroatoms. The fraction of sp³-hybridized carbons (Fsp3) is 0.600. The van der Waals surface area contributed by atoms with Crippen molar-refractivity contribution >= 4 is 11.4 Å². The van der Waals surface area contributed by atoms with E-state index in [1.54, 1.807) is 0 Å². The van der Waals surface area contributed by atoms with E-state index in [4.69, 9.17) is 0 Å². The molecule has 0 bridgehead atoms. The van der Waals surface area contributed by atoms with Crippen molar-refractivity contribution in [2.75, 3.05) is 36.5 Å². The Morgan fingerprint density at radius 2 is 1.67 bits per heavy atom. The van der Waals surface area contributed by atoms with E-state index in [0.29, 0.717) is 6.42 Å². The van der Waals surface area contributed by atoms with Crippen molar-refractivity contribution in [3.63, 3.8) is 0 Å². The van der Waals surface area contributed by atoms with Gasteiger partial charge in [0.1, 0.15) is 0 Å². The molecule has 0 aliphatic heterocycles. The van der Waals surface area contributed by atoms with E-state index in [-0.39, 0.29) is 6.67 Å². The first-order valence-corrected chi connectivity index (χ1v) is 6.96. The SMILES string of the molecule is CCN(CC)c1ccc(NCCCCCF)cc1. The number of nitrogens with zero attached hydrogens (tertiary/aromatic N) is 1. The van der Waals surface area contributed by atoms with Crippen LogP contribution in [0.1, 0.15) is 33.1 Å². The number of benzene rings is 1. The van der Waals surface area contributed by atoms with Crippen molar-refractivity contribution in [2.45, 2.75) is 33.1 Å². The maximum absolute atomic E-state index is 11.9. The first-order chi connectivity index (χ1) is 8.81. The molecule has 18 heavy (non-hydrogen) atoms. The maximum Gasteiger partial charge on any atom is 0.0894 e. The molecule has 0 saturated carbocycles. The van der Waals surface area contributed by atoms with E-state index in [1.807, 2.05) is 0 Å². The van der Waals surface area contributed by atoms with Crippen LogP contribution in [-0.4, -0.2) is 26.3 Å². The van der Waals surface area contributed by atoms with Crippen molar-refractivity contribution in [3.05, 3.63) is 24.3 Å². The number of hydrogen-bond acceptors (Lipinski definition) is 2. The van der Waals surface area contributed by atoms with Crippen LogP contribution in [0.2, 0.25) is 0 Å². The third kappa shape index (κ3) is 4.94. The highest BCUT2D eigenvalue weighted by Crippen LogP contribution is 2.17. The number of anilines is 2. The lowest BCUT2D eigenvalue weighted by molar-refractivity contribution is 0.458. The molecule has 0 unspecified atom stereocenters. The van der Waals surface area contributed by atoms with E-state index in [2.05, 4.69) is 48.3 Å². The van der Waals surface area contributed by atoms with E-state index in [1.165, 1.54) is 5.69 Å². The number of rotatable bonds is 9. The summed E-state index contributed by atoms with van der Waals surface area (Å²) >= 11 is 0. The number of nitrogens with one attached hydrogen (secondary N) is 1. The Hall–Kier alpha value is -1.25. The summed E-state index contributed by atoms with van der Waals surface area (Å²) in [6, 6.07) is 8.53. The molecule has 0 fully saturated rings. The maximum atomic E-state index is 11.9. The molecule has 1 aromatic rings. The van der Waals surface area contributed by atoms with Crippen LogP contribution in [0, 0.1) is 0 Å². The highest BCUT2D eigenvalue weighted by atomic mass is 19.1. The van der Waals surface area contributed by atoms with Gasteiger partial charge in [-0.05, 0) is 57.4 Å². The highest BCUT2D eigenvalue weighted by molar-refractivity contribution is 5.54. The van der Waals surface area contributed by atoms with E-state index in [9.17, 15) is 4.39 Å². The van der Waals surface area contributed by atoms with Crippen LogP contribution in [0.5, 0.6) is 0 Å². The molecule has 2 nitrogen and oxygen atoms in total. The summed E-state index contributed by atoms with van der Waals surface area (Å²) in [5.74, 6) is 0. The van der Waals surface area contributed by atoms with Crippen LogP contribution in [0.4, 0.5) is 15.8 Å². The lowest BCUT2D eigenvalue weighted by atomic mass is 10.2. The van der Waals surface area contributed by atoms with Gasteiger partial charge in [0, 0.05) is 31.0 Å².